The molecule has 0 N–H and O–H groups in total. The summed E-state index contributed by atoms with van der Waals surface area (Å²) in [5.74, 6) is 0. The van der Waals surface area contributed by atoms with E-state index >= 15 is 0 Å². The zero-order chi connectivity index (χ0) is 43.8. The highest BCUT2D eigenvalue weighted by Crippen LogP contribution is 2.47. The lowest BCUT2D eigenvalue weighted by Gasteiger charge is -2.30. The molecule has 310 valence electrons. The Morgan fingerprint density at radius 3 is 1.41 bits per heavy atom. The van der Waals surface area contributed by atoms with E-state index < -0.39 is 0 Å². The van der Waals surface area contributed by atoms with E-state index in [1.165, 1.54) is 66.0 Å². The van der Waals surface area contributed by atoms with Crippen molar-refractivity contribution in [3.8, 4) is 61.3 Å². The van der Waals surface area contributed by atoms with Gasteiger partial charge in [-0.25, -0.2) is 0 Å². The van der Waals surface area contributed by atoms with Crippen LogP contribution in [0.4, 0.5) is 17.1 Å². The first-order valence-electron chi connectivity index (χ1n) is 22.7. The number of nitrogens with zero attached hydrogens (tertiary/aromatic N) is 2. The van der Waals surface area contributed by atoms with Gasteiger partial charge in [0, 0.05) is 33.2 Å². The predicted octanol–water partition coefficient (Wildman–Crippen LogP) is 17.7. The van der Waals surface area contributed by atoms with Crippen LogP contribution in [0.1, 0.15) is 0 Å². The Labute approximate surface area is 385 Å². The highest BCUT2D eigenvalue weighted by molar-refractivity contribution is 6.10. The molecule has 0 radical (unpaired) electrons. The zero-order valence-corrected chi connectivity index (χ0v) is 36.3. The van der Waals surface area contributed by atoms with Gasteiger partial charge in [-0.1, -0.05) is 212 Å². The summed E-state index contributed by atoms with van der Waals surface area (Å²) < 4.78 is 2.43. The number of para-hydroxylation sites is 4. The van der Waals surface area contributed by atoms with E-state index in [2.05, 4.69) is 276 Å². The lowest BCUT2D eigenvalue weighted by molar-refractivity contribution is 1.18. The maximum Gasteiger partial charge on any atom is 0.0541 e. The normalized spacial score (nSPS) is 11.3. The van der Waals surface area contributed by atoms with Gasteiger partial charge in [-0.3, -0.25) is 0 Å². The highest BCUT2D eigenvalue weighted by Gasteiger charge is 2.23. The molecule has 2 heteroatoms. The van der Waals surface area contributed by atoms with Crippen molar-refractivity contribution >= 4 is 49.6 Å². The van der Waals surface area contributed by atoms with E-state index in [4.69, 9.17) is 0 Å². The van der Waals surface area contributed by atoms with Crippen molar-refractivity contribution in [2.45, 2.75) is 0 Å². The van der Waals surface area contributed by atoms with E-state index in [-0.39, 0.29) is 0 Å². The van der Waals surface area contributed by atoms with Crippen molar-refractivity contribution in [1.29, 1.82) is 0 Å². The lowest BCUT2D eigenvalue weighted by Crippen LogP contribution is -2.12. The third kappa shape index (κ3) is 7.02. The van der Waals surface area contributed by atoms with Crippen LogP contribution in [0.3, 0.4) is 0 Å². The van der Waals surface area contributed by atoms with E-state index in [0.717, 1.165) is 45.0 Å². The highest BCUT2D eigenvalue weighted by atomic mass is 15.1. The molecule has 2 nitrogen and oxygen atoms in total. The molecular formula is C64H44N2. The van der Waals surface area contributed by atoms with Crippen molar-refractivity contribution in [1.82, 2.24) is 4.57 Å². The maximum atomic E-state index is 2.44. The number of fused-ring (bicyclic) bond motifs is 4. The van der Waals surface area contributed by atoms with Crippen LogP contribution in [0.5, 0.6) is 0 Å². The molecule has 0 atom stereocenters. The SMILES string of the molecule is c1ccc(-c2ccccc2N(c2ccc(-c3ccc(-c4ccc5ccccc5c4)cc3)cc2)c2ccc(-c3ccccc3-n3c4ccccc4c4ccccc43)cc2-c2ccccc2)cc1. The van der Waals surface area contributed by atoms with Crippen molar-refractivity contribution < 1.29 is 0 Å². The number of aromatic nitrogens is 1. The third-order valence-corrected chi connectivity index (χ3v) is 13.0. The van der Waals surface area contributed by atoms with E-state index in [1.807, 2.05) is 0 Å². The molecule has 0 bridgehead atoms. The van der Waals surface area contributed by atoms with Crippen molar-refractivity contribution in [2.24, 2.45) is 0 Å². The summed E-state index contributed by atoms with van der Waals surface area (Å²) in [6.45, 7) is 0. The molecule has 12 aromatic rings. The van der Waals surface area contributed by atoms with Crippen LogP contribution < -0.4 is 4.90 Å². The smallest absolute Gasteiger partial charge is 0.0541 e. The van der Waals surface area contributed by atoms with Crippen LogP contribution in [0.25, 0.3) is 93.9 Å². The van der Waals surface area contributed by atoms with Gasteiger partial charge in [-0.15, -0.1) is 0 Å². The van der Waals surface area contributed by atoms with Crippen LogP contribution in [0.15, 0.2) is 267 Å². The minimum Gasteiger partial charge on any atom is -0.309 e. The molecule has 11 aromatic carbocycles. The Balaban J connectivity index is 1.00. The summed E-state index contributed by atoms with van der Waals surface area (Å²) in [5.41, 5.74) is 18.5. The molecule has 0 saturated carbocycles. The average Bonchev–Trinajstić information content (AvgIpc) is 3.74. The number of benzene rings is 11. The monoisotopic (exact) mass is 840 g/mol. The fourth-order valence-corrected chi connectivity index (χ4v) is 9.81. The number of anilines is 3. The summed E-state index contributed by atoms with van der Waals surface area (Å²) in [4.78, 5) is 2.44. The van der Waals surface area contributed by atoms with E-state index in [1.54, 1.807) is 0 Å². The molecule has 1 heterocycles. The van der Waals surface area contributed by atoms with Crippen LogP contribution in [-0.2, 0) is 0 Å². The fourth-order valence-electron chi connectivity index (χ4n) is 9.81. The minimum absolute atomic E-state index is 1.07. The molecule has 66 heavy (non-hydrogen) atoms. The third-order valence-electron chi connectivity index (χ3n) is 13.0. The van der Waals surface area contributed by atoms with E-state index in [9.17, 15) is 0 Å². The first-order valence-corrected chi connectivity index (χ1v) is 22.7. The zero-order valence-electron chi connectivity index (χ0n) is 36.3. The van der Waals surface area contributed by atoms with Crippen LogP contribution >= 0.6 is 0 Å². The van der Waals surface area contributed by atoms with E-state index in [0.29, 0.717) is 0 Å². The first-order chi connectivity index (χ1) is 32.7. The largest absolute Gasteiger partial charge is 0.309 e. The van der Waals surface area contributed by atoms with Gasteiger partial charge in [-0.05, 0) is 104 Å². The molecule has 0 amide bonds. The molecule has 1 aromatic heterocycles. The second-order valence-electron chi connectivity index (χ2n) is 16.9. The summed E-state index contributed by atoms with van der Waals surface area (Å²) in [7, 11) is 0. The Kier molecular flexibility index (Phi) is 9.89. The molecule has 0 fully saturated rings. The Bertz CT molecular complexity index is 3630. The summed E-state index contributed by atoms with van der Waals surface area (Å²) in [6, 6.07) is 96.9. The quantitative estimate of drug-likeness (QED) is 0.141. The van der Waals surface area contributed by atoms with Gasteiger partial charge in [0.15, 0.2) is 0 Å². The van der Waals surface area contributed by atoms with Crippen molar-refractivity contribution in [3.05, 3.63) is 267 Å². The molecule has 0 aliphatic heterocycles. The standard InChI is InChI=1S/C64H44N2/c1-3-18-49(19-4-1)55-23-9-13-27-60(55)65(54-40-37-47(38-41-54)46-31-33-48(34-32-46)52-36-35-45-17-7-8-22-51(45)43-52)64-42-39-53(44-59(64)50-20-5-2-6-21-50)56-24-10-14-28-61(56)66-62-29-15-11-25-57(62)58-26-12-16-30-63(58)66/h1-44H. The van der Waals surface area contributed by atoms with Crippen LogP contribution in [-0.4, -0.2) is 4.57 Å². The van der Waals surface area contributed by atoms with Gasteiger partial charge < -0.3 is 9.47 Å². The van der Waals surface area contributed by atoms with Crippen molar-refractivity contribution in [2.75, 3.05) is 4.90 Å². The van der Waals surface area contributed by atoms with Crippen molar-refractivity contribution in [3.63, 3.8) is 0 Å². The van der Waals surface area contributed by atoms with Gasteiger partial charge in [0.1, 0.15) is 0 Å². The Morgan fingerprint density at radius 1 is 0.258 bits per heavy atom. The first kappa shape index (κ1) is 38.9. The number of rotatable bonds is 9. The second kappa shape index (κ2) is 16.8. The predicted molar refractivity (Wildman–Crippen MR) is 280 cm³/mol. The molecular weight excluding hydrogens is 797 g/mol. The topological polar surface area (TPSA) is 8.17 Å². The molecule has 0 unspecified atom stereocenters. The number of hydrogen-bond donors (Lipinski definition) is 0. The lowest BCUT2D eigenvalue weighted by atomic mass is 9.94. The van der Waals surface area contributed by atoms with Gasteiger partial charge in [0.2, 0.25) is 0 Å². The summed E-state index contributed by atoms with van der Waals surface area (Å²) in [5, 5.41) is 5.01. The van der Waals surface area contributed by atoms with Crippen LogP contribution in [0, 0.1) is 0 Å². The van der Waals surface area contributed by atoms with Gasteiger partial charge in [0.25, 0.3) is 0 Å². The minimum atomic E-state index is 1.07. The molecule has 0 aliphatic rings. The molecule has 0 spiro atoms. The average molecular weight is 841 g/mol. The fraction of sp³-hybridized carbons (Fsp3) is 0. The van der Waals surface area contributed by atoms with Gasteiger partial charge in [-0.2, -0.15) is 0 Å². The van der Waals surface area contributed by atoms with Crippen LogP contribution in [0.2, 0.25) is 0 Å². The summed E-state index contributed by atoms with van der Waals surface area (Å²) >= 11 is 0. The molecule has 12 rings (SSSR count). The Morgan fingerprint density at radius 2 is 0.727 bits per heavy atom. The van der Waals surface area contributed by atoms with Gasteiger partial charge >= 0.3 is 0 Å². The second-order valence-corrected chi connectivity index (χ2v) is 16.9. The Hall–Kier alpha value is -8.72. The molecule has 0 aliphatic carbocycles. The summed E-state index contributed by atoms with van der Waals surface area (Å²) in [6.07, 6.45) is 0. The van der Waals surface area contributed by atoms with Gasteiger partial charge in [0.05, 0.1) is 28.1 Å². The number of hydrogen-bond acceptors (Lipinski definition) is 1. The maximum absolute atomic E-state index is 2.44. The molecule has 0 saturated heterocycles.